The van der Waals surface area contributed by atoms with Gasteiger partial charge in [0.1, 0.15) is 5.82 Å². The van der Waals surface area contributed by atoms with Crippen molar-refractivity contribution in [1.82, 2.24) is 4.90 Å². The van der Waals surface area contributed by atoms with Crippen LogP contribution in [0, 0.1) is 25.1 Å². The standard InChI is InChI=1S/C15H19FN2/c1-3-9-18-10-7-13(8-11-18)17-15-6-4-5-14(16)12(15)2/h1,4-6,13,17H,7-11H2,2H3. The number of halogens is 1. The van der Waals surface area contributed by atoms with Crippen LogP contribution in [-0.4, -0.2) is 30.6 Å². The molecular formula is C15H19FN2. The van der Waals surface area contributed by atoms with E-state index in [1.165, 1.54) is 6.07 Å². The third-order valence-electron chi connectivity index (χ3n) is 3.53. The van der Waals surface area contributed by atoms with Gasteiger partial charge in [0.15, 0.2) is 0 Å². The van der Waals surface area contributed by atoms with Crippen LogP contribution in [0.1, 0.15) is 18.4 Å². The zero-order valence-corrected chi connectivity index (χ0v) is 10.7. The normalized spacial score (nSPS) is 17.4. The molecular weight excluding hydrogens is 227 g/mol. The quantitative estimate of drug-likeness (QED) is 0.825. The van der Waals surface area contributed by atoms with Crippen LogP contribution in [0.3, 0.4) is 0 Å². The predicted molar refractivity (Wildman–Crippen MR) is 73.1 cm³/mol. The van der Waals surface area contributed by atoms with Gasteiger partial charge in [0.25, 0.3) is 0 Å². The first kappa shape index (κ1) is 12.9. The average Bonchev–Trinajstić information content (AvgIpc) is 2.38. The number of terminal acetylenes is 1. The lowest BCUT2D eigenvalue weighted by Crippen LogP contribution is -2.39. The summed E-state index contributed by atoms with van der Waals surface area (Å²) in [6.07, 6.45) is 7.41. The number of nitrogens with one attached hydrogen (secondary N) is 1. The third kappa shape index (κ3) is 3.02. The fraction of sp³-hybridized carbons (Fsp3) is 0.467. The van der Waals surface area contributed by atoms with Crippen LogP contribution in [-0.2, 0) is 0 Å². The molecule has 0 aromatic heterocycles. The summed E-state index contributed by atoms with van der Waals surface area (Å²) in [7, 11) is 0. The summed E-state index contributed by atoms with van der Waals surface area (Å²) < 4.78 is 13.4. The van der Waals surface area contributed by atoms with E-state index in [-0.39, 0.29) is 5.82 Å². The number of rotatable bonds is 3. The molecule has 0 bridgehead atoms. The molecule has 2 nitrogen and oxygen atoms in total. The van der Waals surface area contributed by atoms with Crippen molar-refractivity contribution in [3.8, 4) is 12.3 Å². The Labute approximate surface area is 108 Å². The molecule has 1 aliphatic rings. The minimum atomic E-state index is -0.148. The Morgan fingerprint density at radius 1 is 1.44 bits per heavy atom. The molecule has 0 unspecified atom stereocenters. The second kappa shape index (κ2) is 5.88. The van der Waals surface area contributed by atoms with Gasteiger partial charge in [-0.1, -0.05) is 12.0 Å². The van der Waals surface area contributed by atoms with Gasteiger partial charge in [-0.25, -0.2) is 4.39 Å². The lowest BCUT2D eigenvalue weighted by Gasteiger charge is -2.32. The topological polar surface area (TPSA) is 15.3 Å². The van der Waals surface area contributed by atoms with Crippen molar-refractivity contribution in [3.63, 3.8) is 0 Å². The Balaban J connectivity index is 1.92. The molecule has 1 N–H and O–H groups in total. The molecule has 0 amide bonds. The van der Waals surface area contributed by atoms with Crippen molar-refractivity contribution in [2.24, 2.45) is 0 Å². The molecule has 0 radical (unpaired) electrons. The molecule has 18 heavy (non-hydrogen) atoms. The summed E-state index contributed by atoms with van der Waals surface area (Å²) in [5.74, 6) is 2.53. The zero-order valence-electron chi connectivity index (χ0n) is 10.7. The Bertz CT molecular complexity index is 442. The van der Waals surface area contributed by atoms with E-state index in [2.05, 4.69) is 16.1 Å². The highest BCUT2D eigenvalue weighted by Crippen LogP contribution is 2.21. The monoisotopic (exact) mass is 246 g/mol. The number of nitrogens with zero attached hydrogens (tertiary/aromatic N) is 1. The Hall–Kier alpha value is -1.53. The largest absolute Gasteiger partial charge is 0.382 e. The van der Waals surface area contributed by atoms with Gasteiger partial charge in [-0.2, -0.15) is 0 Å². The number of benzene rings is 1. The first-order chi connectivity index (χ1) is 8.70. The highest BCUT2D eigenvalue weighted by Gasteiger charge is 2.18. The number of hydrogen-bond acceptors (Lipinski definition) is 2. The summed E-state index contributed by atoms with van der Waals surface area (Å²) in [5, 5.41) is 3.43. The Kier molecular flexibility index (Phi) is 4.22. The molecule has 1 aliphatic heterocycles. The van der Waals surface area contributed by atoms with E-state index in [0.29, 0.717) is 11.6 Å². The van der Waals surface area contributed by atoms with E-state index < -0.39 is 0 Å². The first-order valence-corrected chi connectivity index (χ1v) is 6.38. The van der Waals surface area contributed by atoms with E-state index in [4.69, 9.17) is 6.42 Å². The number of hydrogen-bond donors (Lipinski definition) is 1. The maximum absolute atomic E-state index is 13.4. The SMILES string of the molecule is C#CCN1CCC(Nc2cccc(F)c2C)CC1. The predicted octanol–water partition coefficient (Wildman–Crippen LogP) is 2.64. The third-order valence-corrected chi connectivity index (χ3v) is 3.53. The fourth-order valence-electron chi connectivity index (χ4n) is 2.35. The average molecular weight is 246 g/mol. The van der Waals surface area contributed by atoms with Crippen molar-refractivity contribution in [3.05, 3.63) is 29.6 Å². The van der Waals surface area contributed by atoms with Gasteiger partial charge < -0.3 is 5.32 Å². The molecule has 1 aromatic rings. The van der Waals surface area contributed by atoms with Gasteiger partial charge in [-0.05, 0) is 31.9 Å². The maximum Gasteiger partial charge on any atom is 0.128 e. The molecule has 1 saturated heterocycles. The van der Waals surface area contributed by atoms with Crippen LogP contribution >= 0.6 is 0 Å². The number of anilines is 1. The number of piperidine rings is 1. The molecule has 0 atom stereocenters. The fourth-order valence-corrected chi connectivity index (χ4v) is 2.35. The van der Waals surface area contributed by atoms with E-state index in [1.807, 2.05) is 13.0 Å². The van der Waals surface area contributed by atoms with Crippen LogP contribution in [0.5, 0.6) is 0 Å². The second-order valence-corrected chi connectivity index (χ2v) is 4.81. The minimum Gasteiger partial charge on any atom is -0.382 e. The molecule has 2 rings (SSSR count). The summed E-state index contributed by atoms with van der Waals surface area (Å²) in [6, 6.07) is 5.60. The van der Waals surface area contributed by atoms with Gasteiger partial charge in [0.2, 0.25) is 0 Å². The van der Waals surface area contributed by atoms with Gasteiger partial charge in [0, 0.05) is 30.4 Å². The molecule has 1 aromatic carbocycles. The maximum atomic E-state index is 13.4. The van der Waals surface area contributed by atoms with Gasteiger partial charge in [-0.15, -0.1) is 6.42 Å². The summed E-state index contributed by atoms with van der Waals surface area (Å²) >= 11 is 0. The summed E-state index contributed by atoms with van der Waals surface area (Å²) in [4.78, 5) is 2.27. The van der Waals surface area contributed by atoms with Crippen molar-refractivity contribution >= 4 is 5.69 Å². The van der Waals surface area contributed by atoms with E-state index in [0.717, 1.165) is 38.2 Å². The number of likely N-dealkylation sites (tertiary alicyclic amines) is 1. The van der Waals surface area contributed by atoms with Gasteiger partial charge in [0.05, 0.1) is 6.54 Å². The van der Waals surface area contributed by atoms with Crippen molar-refractivity contribution in [2.75, 3.05) is 25.0 Å². The molecule has 0 aliphatic carbocycles. The Morgan fingerprint density at radius 2 is 2.17 bits per heavy atom. The minimum absolute atomic E-state index is 0.148. The molecule has 1 heterocycles. The van der Waals surface area contributed by atoms with Gasteiger partial charge in [-0.3, -0.25) is 4.90 Å². The lowest BCUT2D eigenvalue weighted by atomic mass is 10.0. The van der Waals surface area contributed by atoms with Crippen LogP contribution in [0.2, 0.25) is 0 Å². The van der Waals surface area contributed by atoms with Crippen LogP contribution in [0.15, 0.2) is 18.2 Å². The lowest BCUT2D eigenvalue weighted by molar-refractivity contribution is 0.243. The first-order valence-electron chi connectivity index (χ1n) is 6.38. The Morgan fingerprint density at radius 3 is 2.83 bits per heavy atom. The van der Waals surface area contributed by atoms with E-state index in [9.17, 15) is 4.39 Å². The zero-order chi connectivity index (χ0) is 13.0. The van der Waals surface area contributed by atoms with Crippen molar-refractivity contribution < 1.29 is 4.39 Å². The molecule has 0 spiro atoms. The van der Waals surface area contributed by atoms with E-state index >= 15 is 0 Å². The highest BCUT2D eigenvalue weighted by atomic mass is 19.1. The highest BCUT2D eigenvalue weighted by molar-refractivity contribution is 5.51. The van der Waals surface area contributed by atoms with E-state index in [1.54, 1.807) is 6.07 Å². The smallest absolute Gasteiger partial charge is 0.128 e. The second-order valence-electron chi connectivity index (χ2n) is 4.81. The summed E-state index contributed by atoms with van der Waals surface area (Å²) in [6.45, 7) is 4.56. The van der Waals surface area contributed by atoms with Gasteiger partial charge >= 0.3 is 0 Å². The molecule has 3 heteroatoms. The molecule has 1 fully saturated rings. The van der Waals surface area contributed by atoms with Crippen molar-refractivity contribution in [1.29, 1.82) is 0 Å². The molecule has 0 saturated carbocycles. The van der Waals surface area contributed by atoms with Crippen LogP contribution in [0.4, 0.5) is 10.1 Å². The van der Waals surface area contributed by atoms with Crippen LogP contribution < -0.4 is 5.32 Å². The van der Waals surface area contributed by atoms with Crippen molar-refractivity contribution in [2.45, 2.75) is 25.8 Å². The van der Waals surface area contributed by atoms with Crippen LogP contribution in [0.25, 0.3) is 0 Å². The molecule has 96 valence electrons. The summed E-state index contributed by atoms with van der Waals surface area (Å²) in [5.41, 5.74) is 1.61.